The number of imidazole rings is 1. The molecule has 3 heteroatoms. The van der Waals surface area contributed by atoms with Crippen LogP contribution in [0.25, 0.3) is 0 Å². The molecule has 0 aromatic carbocycles. The van der Waals surface area contributed by atoms with Gasteiger partial charge in [0, 0.05) is 17.9 Å². The van der Waals surface area contributed by atoms with E-state index in [0.29, 0.717) is 6.04 Å². The van der Waals surface area contributed by atoms with Gasteiger partial charge in [0.15, 0.2) is 4.77 Å². The molecule has 2 saturated carbocycles. The van der Waals surface area contributed by atoms with Crippen LogP contribution in [0, 0.1) is 23.5 Å². The van der Waals surface area contributed by atoms with Crippen LogP contribution in [0.15, 0.2) is 6.20 Å². The summed E-state index contributed by atoms with van der Waals surface area (Å²) in [6.45, 7) is 2.15. The maximum atomic E-state index is 5.33. The molecule has 2 fully saturated rings. The van der Waals surface area contributed by atoms with Crippen molar-refractivity contribution < 1.29 is 0 Å². The molecule has 0 spiro atoms. The number of aromatic nitrogens is 2. The Kier molecular flexibility index (Phi) is 1.84. The second-order valence-electron chi connectivity index (χ2n) is 4.85. The molecule has 2 bridgehead atoms. The lowest BCUT2D eigenvalue weighted by Crippen LogP contribution is -2.17. The van der Waals surface area contributed by atoms with Crippen LogP contribution in [0.5, 0.6) is 0 Å². The van der Waals surface area contributed by atoms with E-state index in [1.54, 1.807) is 0 Å². The fourth-order valence-corrected chi connectivity index (χ4v) is 3.74. The SMILES string of the molecule is Cc1c[nH]c(=S)n1C1CC2CCC1C2. The van der Waals surface area contributed by atoms with E-state index < -0.39 is 0 Å². The minimum Gasteiger partial charge on any atom is -0.337 e. The highest BCUT2D eigenvalue weighted by Crippen LogP contribution is 2.50. The minimum atomic E-state index is 0.701. The van der Waals surface area contributed by atoms with Gasteiger partial charge in [0.25, 0.3) is 0 Å². The summed E-state index contributed by atoms with van der Waals surface area (Å²) in [6.07, 6.45) is 7.71. The van der Waals surface area contributed by atoms with Crippen LogP contribution in [-0.2, 0) is 0 Å². The fraction of sp³-hybridized carbons (Fsp3) is 0.727. The Hall–Kier alpha value is -0.570. The number of H-pyrrole nitrogens is 1. The van der Waals surface area contributed by atoms with Crippen LogP contribution in [0.4, 0.5) is 0 Å². The molecule has 3 unspecified atom stereocenters. The smallest absolute Gasteiger partial charge is 0.177 e. The highest BCUT2D eigenvalue weighted by Gasteiger charge is 2.40. The lowest BCUT2D eigenvalue weighted by atomic mass is 9.95. The second-order valence-corrected chi connectivity index (χ2v) is 5.23. The first kappa shape index (κ1) is 8.72. The largest absolute Gasteiger partial charge is 0.337 e. The van der Waals surface area contributed by atoms with Gasteiger partial charge in [0.2, 0.25) is 0 Å². The van der Waals surface area contributed by atoms with Crippen molar-refractivity contribution in [3.63, 3.8) is 0 Å². The van der Waals surface area contributed by atoms with Gasteiger partial charge >= 0.3 is 0 Å². The number of hydrogen-bond donors (Lipinski definition) is 1. The van der Waals surface area contributed by atoms with Crippen LogP contribution in [0.3, 0.4) is 0 Å². The lowest BCUT2D eigenvalue weighted by molar-refractivity contribution is 0.323. The maximum absolute atomic E-state index is 5.33. The predicted molar refractivity (Wildman–Crippen MR) is 58.8 cm³/mol. The highest BCUT2D eigenvalue weighted by atomic mass is 32.1. The third-order valence-corrected chi connectivity index (χ3v) is 4.35. The molecule has 1 N–H and O–H groups in total. The monoisotopic (exact) mass is 208 g/mol. The van der Waals surface area contributed by atoms with E-state index in [0.717, 1.165) is 16.6 Å². The number of aromatic amines is 1. The number of nitrogens with one attached hydrogen (secondary N) is 1. The Morgan fingerprint density at radius 3 is 2.79 bits per heavy atom. The van der Waals surface area contributed by atoms with Gasteiger partial charge in [-0.3, -0.25) is 0 Å². The van der Waals surface area contributed by atoms with E-state index in [-0.39, 0.29) is 0 Å². The summed E-state index contributed by atoms with van der Waals surface area (Å²) in [5.74, 6) is 1.89. The van der Waals surface area contributed by atoms with E-state index in [1.807, 2.05) is 6.20 Å². The van der Waals surface area contributed by atoms with Crippen molar-refractivity contribution in [1.29, 1.82) is 0 Å². The third kappa shape index (κ3) is 1.11. The van der Waals surface area contributed by atoms with Gasteiger partial charge < -0.3 is 9.55 Å². The van der Waals surface area contributed by atoms with E-state index in [9.17, 15) is 0 Å². The predicted octanol–water partition coefficient (Wildman–Crippen LogP) is 3.22. The van der Waals surface area contributed by atoms with Crippen molar-refractivity contribution in [1.82, 2.24) is 9.55 Å². The Balaban J connectivity index is 2.00. The van der Waals surface area contributed by atoms with Gasteiger partial charge in [-0.05, 0) is 50.2 Å². The molecule has 2 aliphatic carbocycles. The molecule has 0 aliphatic heterocycles. The topological polar surface area (TPSA) is 20.7 Å². The van der Waals surface area contributed by atoms with Crippen LogP contribution < -0.4 is 0 Å². The maximum Gasteiger partial charge on any atom is 0.177 e. The van der Waals surface area contributed by atoms with E-state index >= 15 is 0 Å². The number of rotatable bonds is 1. The van der Waals surface area contributed by atoms with Gasteiger partial charge in [0.05, 0.1) is 0 Å². The van der Waals surface area contributed by atoms with Gasteiger partial charge in [-0.25, -0.2) is 0 Å². The Morgan fingerprint density at radius 2 is 2.29 bits per heavy atom. The number of hydrogen-bond acceptors (Lipinski definition) is 1. The summed E-state index contributed by atoms with van der Waals surface area (Å²) in [7, 11) is 0. The van der Waals surface area contributed by atoms with Crippen molar-refractivity contribution in [2.24, 2.45) is 11.8 Å². The molecule has 0 radical (unpaired) electrons. The summed E-state index contributed by atoms with van der Waals surface area (Å²) >= 11 is 5.33. The molecule has 76 valence electrons. The molecule has 2 aliphatic rings. The summed E-state index contributed by atoms with van der Waals surface area (Å²) in [5.41, 5.74) is 1.30. The summed E-state index contributed by atoms with van der Waals surface area (Å²) in [4.78, 5) is 3.15. The van der Waals surface area contributed by atoms with Crippen molar-refractivity contribution >= 4 is 12.2 Å². The summed E-state index contributed by atoms with van der Waals surface area (Å²) < 4.78 is 3.26. The molecular formula is C11H16N2S. The number of nitrogens with zero attached hydrogens (tertiary/aromatic N) is 1. The normalized spacial score (nSPS) is 35.4. The van der Waals surface area contributed by atoms with Crippen molar-refractivity contribution in [3.05, 3.63) is 16.7 Å². The molecule has 2 nitrogen and oxygen atoms in total. The number of fused-ring (bicyclic) bond motifs is 2. The first-order valence-corrected chi connectivity index (χ1v) is 5.93. The molecule has 0 amide bonds. The van der Waals surface area contributed by atoms with Gasteiger partial charge in [-0.2, -0.15) is 0 Å². The molecule has 3 rings (SSSR count). The Morgan fingerprint density at radius 1 is 1.43 bits per heavy atom. The van der Waals surface area contributed by atoms with Gasteiger partial charge in [-0.1, -0.05) is 6.42 Å². The zero-order valence-electron chi connectivity index (χ0n) is 8.49. The molecule has 14 heavy (non-hydrogen) atoms. The Labute approximate surface area is 89.3 Å². The third-order valence-electron chi connectivity index (χ3n) is 4.04. The molecule has 3 atom stereocenters. The van der Waals surface area contributed by atoms with Crippen molar-refractivity contribution in [3.8, 4) is 0 Å². The van der Waals surface area contributed by atoms with E-state index in [4.69, 9.17) is 12.2 Å². The average molecular weight is 208 g/mol. The van der Waals surface area contributed by atoms with Crippen LogP contribution in [-0.4, -0.2) is 9.55 Å². The second kappa shape index (κ2) is 2.96. The lowest BCUT2D eigenvalue weighted by Gasteiger charge is -2.24. The summed E-state index contributed by atoms with van der Waals surface area (Å²) in [5, 5.41) is 0. The molecule has 1 aromatic rings. The fourth-order valence-electron chi connectivity index (χ4n) is 3.40. The first-order chi connectivity index (χ1) is 6.75. The zero-order valence-corrected chi connectivity index (χ0v) is 9.31. The molecular weight excluding hydrogens is 192 g/mol. The van der Waals surface area contributed by atoms with Gasteiger partial charge in [-0.15, -0.1) is 0 Å². The quantitative estimate of drug-likeness (QED) is 0.703. The molecule has 1 heterocycles. The Bertz CT molecular complexity index is 404. The standard InChI is InChI=1S/C11H16N2S/c1-7-6-12-11(14)13(7)10-5-8-2-3-9(10)4-8/h6,8-10H,2-5H2,1H3,(H,12,14). The zero-order chi connectivity index (χ0) is 9.71. The highest BCUT2D eigenvalue weighted by molar-refractivity contribution is 7.71. The summed E-state index contributed by atoms with van der Waals surface area (Å²) in [6, 6.07) is 0.701. The minimum absolute atomic E-state index is 0.701. The average Bonchev–Trinajstić information content (AvgIpc) is 2.81. The van der Waals surface area contributed by atoms with Gasteiger partial charge in [0.1, 0.15) is 0 Å². The van der Waals surface area contributed by atoms with E-state index in [2.05, 4.69) is 16.5 Å². The van der Waals surface area contributed by atoms with Crippen LogP contribution in [0.2, 0.25) is 0 Å². The van der Waals surface area contributed by atoms with Crippen molar-refractivity contribution in [2.75, 3.05) is 0 Å². The first-order valence-electron chi connectivity index (χ1n) is 5.52. The van der Waals surface area contributed by atoms with Crippen LogP contribution in [0.1, 0.15) is 37.4 Å². The molecule has 0 saturated heterocycles. The van der Waals surface area contributed by atoms with E-state index in [1.165, 1.54) is 31.4 Å². The van der Waals surface area contributed by atoms with Crippen LogP contribution >= 0.6 is 12.2 Å². The van der Waals surface area contributed by atoms with Crippen molar-refractivity contribution in [2.45, 2.75) is 38.6 Å². The number of aryl methyl sites for hydroxylation is 1. The molecule has 1 aromatic heterocycles.